The molecule has 1 aromatic heterocycles. The molecule has 2 heterocycles. The van der Waals surface area contributed by atoms with E-state index >= 15 is 0 Å². The molecule has 0 aliphatic carbocycles. The van der Waals surface area contributed by atoms with Gasteiger partial charge in [-0.1, -0.05) is 30.3 Å². The van der Waals surface area contributed by atoms with Crippen LogP contribution >= 0.6 is 27.3 Å². The van der Waals surface area contributed by atoms with Gasteiger partial charge in [-0.3, -0.25) is 14.6 Å². The molecular weight excluding hydrogens is 410 g/mol. The summed E-state index contributed by atoms with van der Waals surface area (Å²) >= 11 is 5.32. The van der Waals surface area contributed by atoms with E-state index in [1.165, 1.54) is 8.66 Å². The van der Waals surface area contributed by atoms with Crippen molar-refractivity contribution in [2.75, 3.05) is 26.2 Å². The fraction of sp³-hybridized carbons (Fsp3) is 0.450. The SMILES string of the molecule is CC(NC(=O)C(C)N1CCN(Cc2ccc(Br)s2)CC1)c1ccccc1. The molecule has 1 aliphatic heterocycles. The number of benzene rings is 1. The van der Waals surface area contributed by atoms with E-state index in [0.717, 1.165) is 38.3 Å². The summed E-state index contributed by atoms with van der Waals surface area (Å²) in [6.07, 6.45) is 0. The van der Waals surface area contributed by atoms with Crippen molar-refractivity contribution in [2.24, 2.45) is 0 Å². The van der Waals surface area contributed by atoms with E-state index in [2.05, 4.69) is 55.3 Å². The number of hydrogen-bond donors (Lipinski definition) is 1. The lowest BCUT2D eigenvalue weighted by Crippen LogP contribution is -2.53. The molecule has 1 N–H and O–H groups in total. The van der Waals surface area contributed by atoms with Crippen LogP contribution in [0.4, 0.5) is 0 Å². The summed E-state index contributed by atoms with van der Waals surface area (Å²) in [6, 6.07) is 14.3. The van der Waals surface area contributed by atoms with E-state index in [9.17, 15) is 4.79 Å². The monoisotopic (exact) mass is 435 g/mol. The first-order valence-corrected chi connectivity index (χ1v) is 10.7. The lowest BCUT2D eigenvalue weighted by atomic mass is 10.1. The van der Waals surface area contributed by atoms with Gasteiger partial charge in [0.25, 0.3) is 0 Å². The highest BCUT2D eigenvalue weighted by Gasteiger charge is 2.26. The van der Waals surface area contributed by atoms with Gasteiger partial charge in [-0.25, -0.2) is 0 Å². The molecule has 0 spiro atoms. The highest BCUT2D eigenvalue weighted by atomic mass is 79.9. The van der Waals surface area contributed by atoms with Crippen LogP contribution in [0.1, 0.15) is 30.3 Å². The molecule has 1 saturated heterocycles. The van der Waals surface area contributed by atoms with Crippen molar-refractivity contribution in [3.63, 3.8) is 0 Å². The summed E-state index contributed by atoms with van der Waals surface area (Å²) in [5, 5.41) is 3.15. The van der Waals surface area contributed by atoms with Crippen molar-refractivity contribution >= 4 is 33.2 Å². The molecule has 1 amide bonds. The molecule has 0 bridgehead atoms. The Balaban J connectivity index is 1.46. The lowest BCUT2D eigenvalue weighted by Gasteiger charge is -2.37. The van der Waals surface area contributed by atoms with E-state index in [0.29, 0.717) is 0 Å². The number of thiophene rings is 1. The van der Waals surface area contributed by atoms with Gasteiger partial charge in [-0.15, -0.1) is 11.3 Å². The Bertz CT molecular complexity index is 713. The molecule has 4 nitrogen and oxygen atoms in total. The summed E-state index contributed by atoms with van der Waals surface area (Å²) in [7, 11) is 0. The standard InChI is InChI=1S/C20H26BrN3OS/c1-15(17-6-4-3-5-7-17)22-20(25)16(2)24-12-10-23(11-13-24)14-18-8-9-19(21)26-18/h3-9,15-16H,10-14H2,1-2H3,(H,22,25). The summed E-state index contributed by atoms with van der Waals surface area (Å²) in [5.41, 5.74) is 1.14. The number of nitrogens with one attached hydrogen (secondary N) is 1. The second kappa shape index (κ2) is 9.13. The Kier molecular flexibility index (Phi) is 6.86. The van der Waals surface area contributed by atoms with Crippen molar-refractivity contribution in [2.45, 2.75) is 32.5 Å². The molecule has 2 aromatic rings. The Morgan fingerprint density at radius 3 is 2.42 bits per heavy atom. The molecule has 0 radical (unpaired) electrons. The van der Waals surface area contributed by atoms with E-state index in [1.807, 2.05) is 32.0 Å². The number of nitrogens with zero attached hydrogens (tertiary/aromatic N) is 2. The highest BCUT2D eigenvalue weighted by molar-refractivity contribution is 9.11. The maximum absolute atomic E-state index is 12.6. The molecule has 3 rings (SSSR count). The van der Waals surface area contributed by atoms with Gasteiger partial charge in [0, 0.05) is 37.6 Å². The second-order valence-corrected chi connectivity index (χ2v) is 9.38. The Morgan fingerprint density at radius 2 is 1.81 bits per heavy atom. The van der Waals surface area contributed by atoms with Crippen LogP contribution < -0.4 is 5.32 Å². The topological polar surface area (TPSA) is 35.6 Å². The van der Waals surface area contributed by atoms with E-state index in [-0.39, 0.29) is 18.0 Å². The Morgan fingerprint density at radius 1 is 1.12 bits per heavy atom. The van der Waals surface area contributed by atoms with E-state index < -0.39 is 0 Å². The molecule has 2 atom stereocenters. The summed E-state index contributed by atoms with van der Waals surface area (Å²) in [4.78, 5) is 18.8. The van der Waals surface area contributed by atoms with E-state index in [4.69, 9.17) is 0 Å². The van der Waals surface area contributed by atoms with Crippen molar-refractivity contribution < 1.29 is 4.79 Å². The maximum atomic E-state index is 12.6. The molecule has 0 saturated carbocycles. The van der Waals surface area contributed by atoms with Gasteiger partial charge < -0.3 is 5.32 Å². The van der Waals surface area contributed by atoms with Gasteiger partial charge in [-0.05, 0) is 47.5 Å². The predicted molar refractivity (Wildman–Crippen MR) is 111 cm³/mol. The molecule has 26 heavy (non-hydrogen) atoms. The van der Waals surface area contributed by atoms with Gasteiger partial charge in [0.1, 0.15) is 0 Å². The minimum absolute atomic E-state index is 0.0321. The van der Waals surface area contributed by atoms with Crippen LogP contribution in [0.2, 0.25) is 0 Å². The van der Waals surface area contributed by atoms with Crippen LogP contribution in [0.3, 0.4) is 0 Å². The van der Waals surface area contributed by atoms with Crippen LogP contribution in [0.5, 0.6) is 0 Å². The van der Waals surface area contributed by atoms with Crippen LogP contribution in [0.15, 0.2) is 46.3 Å². The third-order valence-corrected chi connectivity index (χ3v) is 6.61. The lowest BCUT2D eigenvalue weighted by molar-refractivity contribution is -0.127. The Labute approximate surface area is 168 Å². The molecule has 6 heteroatoms. The number of piperazine rings is 1. The van der Waals surface area contributed by atoms with Gasteiger partial charge >= 0.3 is 0 Å². The summed E-state index contributed by atoms with van der Waals surface area (Å²) in [6.45, 7) is 8.91. The zero-order valence-corrected chi connectivity index (χ0v) is 17.7. The maximum Gasteiger partial charge on any atom is 0.237 e. The fourth-order valence-electron chi connectivity index (χ4n) is 3.29. The van der Waals surface area contributed by atoms with Gasteiger partial charge in [-0.2, -0.15) is 0 Å². The molecular formula is C20H26BrN3OS. The van der Waals surface area contributed by atoms with E-state index in [1.54, 1.807) is 11.3 Å². The largest absolute Gasteiger partial charge is 0.348 e. The average molecular weight is 436 g/mol. The van der Waals surface area contributed by atoms with Gasteiger partial charge in [0.2, 0.25) is 5.91 Å². The molecule has 1 aromatic carbocycles. The van der Waals surface area contributed by atoms with Crippen LogP contribution in [-0.4, -0.2) is 47.9 Å². The number of carbonyl (C=O) groups is 1. The number of amides is 1. The van der Waals surface area contributed by atoms with Crippen molar-refractivity contribution in [1.82, 2.24) is 15.1 Å². The van der Waals surface area contributed by atoms with Crippen LogP contribution in [0.25, 0.3) is 0 Å². The zero-order valence-electron chi connectivity index (χ0n) is 15.3. The predicted octanol–water partition coefficient (Wildman–Crippen LogP) is 3.89. The number of halogens is 1. The molecule has 1 fully saturated rings. The summed E-state index contributed by atoms with van der Waals surface area (Å²) in [5.74, 6) is 0.108. The molecule has 2 unspecified atom stereocenters. The quantitative estimate of drug-likeness (QED) is 0.747. The second-order valence-electron chi connectivity index (χ2n) is 6.83. The minimum Gasteiger partial charge on any atom is -0.348 e. The van der Waals surface area contributed by atoms with Gasteiger partial charge in [0.15, 0.2) is 0 Å². The first-order chi connectivity index (χ1) is 12.5. The first kappa shape index (κ1) is 19.5. The molecule has 1 aliphatic rings. The third kappa shape index (κ3) is 5.16. The first-order valence-electron chi connectivity index (χ1n) is 9.09. The minimum atomic E-state index is -0.0980. The number of hydrogen-bond acceptors (Lipinski definition) is 4. The Hall–Kier alpha value is -1.21. The van der Waals surface area contributed by atoms with Crippen LogP contribution in [-0.2, 0) is 11.3 Å². The fourth-order valence-corrected chi connectivity index (χ4v) is 4.82. The van der Waals surface area contributed by atoms with Crippen LogP contribution in [0, 0.1) is 0 Å². The zero-order chi connectivity index (χ0) is 18.5. The smallest absolute Gasteiger partial charge is 0.237 e. The van der Waals surface area contributed by atoms with Crippen molar-refractivity contribution in [1.29, 1.82) is 0 Å². The number of carbonyl (C=O) groups excluding carboxylic acids is 1. The van der Waals surface area contributed by atoms with Crippen molar-refractivity contribution in [3.05, 3.63) is 56.7 Å². The van der Waals surface area contributed by atoms with Crippen molar-refractivity contribution in [3.8, 4) is 0 Å². The summed E-state index contributed by atoms with van der Waals surface area (Å²) < 4.78 is 1.18. The highest BCUT2D eigenvalue weighted by Crippen LogP contribution is 2.23. The average Bonchev–Trinajstić information content (AvgIpc) is 3.07. The number of rotatable bonds is 6. The normalized spacial score (nSPS) is 18.4. The molecule has 140 valence electrons. The third-order valence-electron chi connectivity index (χ3n) is 5.00. The van der Waals surface area contributed by atoms with Gasteiger partial charge in [0.05, 0.1) is 15.9 Å².